The minimum Gasteiger partial charge on any atom is -0.494 e. The molecule has 0 amide bonds. The molecule has 4 rings (SSSR count). The van der Waals surface area contributed by atoms with Gasteiger partial charge in [-0.1, -0.05) is 35.9 Å². The lowest BCUT2D eigenvalue weighted by Gasteiger charge is -2.13. The van der Waals surface area contributed by atoms with Crippen molar-refractivity contribution in [2.75, 3.05) is 6.54 Å². The van der Waals surface area contributed by atoms with E-state index >= 15 is 0 Å². The molecule has 3 aromatic rings. The van der Waals surface area contributed by atoms with Crippen molar-refractivity contribution in [3.8, 4) is 11.7 Å². The second-order valence-electron chi connectivity index (χ2n) is 7.00. The van der Waals surface area contributed by atoms with Gasteiger partial charge in [-0.15, -0.1) is 0 Å². The van der Waals surface area contributed by atoms with Crippen LogP contribution in [0.25, 0.3) is 16.6 Å². The zero-order valence-corrected chi connectivity index (χ0v) is 15.7. The molecule has 0 atom stereocenters. The molecule has 28 heavy (non-hydrogen) atoms. The van der Waals surface area contributed by atoms with Gasteiger partial charge in [-0.25, -0.2) is 9.55 Å². The van der Waals surface area contributed by atoms with Crippen molar-refractivity contribution >= 4 is 17.0 Å². The minimum absolute atomic E-state index is 0.136. The number of fused-ring (bicyclic) bond motifs is 1. The first-order chi connectivity index (χ1) is 13.8. The van der Waals surface area contributed by atoms with Crippen molar-refractivity contribution in [2.45, 2.75) is 32.1 Å². The van der Waals surface area contributed by atoms with Crippen LogP contribution in [0, 0.1) is 0 Å². The summed E-state index contributed by atoms with van der Waals surface area (Å²) in [5, 5.41) is 12.1. The molecule has 1 aromatic carbocycles. The van der Waals surface area contributed by atoms with E-state index in [-0.39, 0.29) is 11.4 Å². The third-order valence-electron chi connectivity index (χ3n) is 5.15. The van der Waals surface area contributed by atoms with E-state index in [1.54, 1.807) is 36.7 Å². The molecule has 2 aromatic heterocycles. The number of hydrogen-bond acceptors (Lipinski definition) is 4. The highest BCUT2D eigenvalue weighted by Gasteiger charge is 2.16. The average Bonchev–Trinajstić information content (AvgIpc) is 2.75. The van der Waals surface area contributed by atoms with Gasteiger partial charge in [-0.05, 0) is 50.3 Å². The first-order valence-electron chi connectivity index (χ1n) is 9.71. The summed E-state index contributed by atoms with van der Waals surface area (Å²) in [5.41, 5.74) is 1.71. The predicted octanol–water partition coefficient (Wildman–Crippen LogP) is 4.40. The lowest BCUT2D eigenvalue weighted by Crippen LogP contribution is -2.21. The summed E-state index contributed by atoms with van der Waals surface area (Å²) in [6.07, 6.45) is 11.4. The fourth-order valence-corrected chi connectivity index (χ4v) is 3.68. The Balaban J connectivity index is 1.73. The zero-order valence-electron chi connectivity index (χ0n) is 15.7. The van der Waals surface area contributed by atoms with Crippen LogP contribution in [0.2, 0.25) is 0 Å². The molecule has 1 aliphatic carbocycles. The van der Waals surface area contributed by atoms with Crippen LogP contribution >= 0.6 is 0 Å². The maximum Gasteiger partial charge on any atom is 0.267 e. The lowest BCUT2D eigenvalue weighted by molar-refractivity contribution is 0.435. The van der Waals surface area contributed by atoms with Crippen LogP contribution < -0.4 is 5.56 Å². The average molecular weight is 373 g/mol. The van der Waals surface area contributed by atoms with Gasteiger partial charge in [0, 0.05) is 29.7 Å². The molecule has 0 unspecified atom stereocenters. The summed E-state index contributed by atoms with van der Waals surface area (Å²) < 4.78 is 1.24. The lowest BCUT2D eigenvalue weighted by atomic mass is 9.97. The molecule has 5 nitrogen and oxygen atoms in total. The van der Waals surface area contributed by atoms with E-state index in [0.717, 1.165) is 12.8 Å². The number of rotatable bonds is 5. The molecular formula is C23H23N3O2. The SMILES string of the molecule is O=c1c2ccccc2c(C=NCCC2=CCCCC2)c(O)n1-c1ccccn1. The summed E-state index contributed by atoms with van der Waals surface area (Å²) in [7, 11) is 0. The Morgan fingerprint density at radius 1 is 1.11 bits per heavy atom. The van der Waals surface area contributed by atoms with Gasteiger partial charge in [0.25, 0.3) is 5.56 Å². The number of pyridine rings is 2. The molecule has 2 heterocycles. The predicted molar refractivity (Wildman–Crippen MR) is 113 cm³/mol. The molecule has 0 saturated carbocycles. The van der Waals surface area contributed by atoms with Crippen molar-refractivity contribution in [3.63, 3.8) is 0 Å². The molecule has 5 heteroatoms. The molecule has 0 saturated heterocycles. The molecule has 0 bridgehead atoms. The van der Waals surface area contributed by atoms with Crippen LogP contribution in [0.3, 0.4) is 0 Å². The molecule has 1 N–H and O–H groups in total. The van der Waals surface area contributed by atoms with Crippen LogP contribution in [-0.4, -0.2) is 27.4 Å². The van der Waals surface area contributed by atoms with Gasteiger partial charge < -0.3 is 5.11 Å². The van der Waals surface area contributed by atoms with E-state index in [1.165, 1.54) is 29.4 Å². The largest absolute Gasteiger partial charge is 0.494 e. The van der Waals surface area contributed by atoms with Crippen molar-refractivity contribution in [1.29, 1.82) is 0 Å². The molecule has 1 aliphatic rings. The molecular weight excluding hydrogens is 350 g/mol. The van der Waals surface area contributed by atoms with Gasteiger partial charge in [-0.2, -0.15) is 0 Å². The second-order valence-corrected chi connectivity index (χ2v) is 7.00. The Bertz CT molecular complexity index is 1100. The van der Waals surface area contributed by atoms with Gasteiger partial charge in [-0.3, -0.25) is 9.79 Å². The van der Waals surface area contributed by atoms with Crippen LogP contribution in [-0.2, 0) is 0 Å². The molecule has 0 fully saturated rings. The number of benzene rings is 1. The summed E-state index contributed by atoms with van der Waals surface area (Å²) in [5.74, 6) is 0.251. The van der Waals surface area contributed by atoms with Crippen molar-refractivity contribution in [2.24, 2.45) is 4.99 Å². The fourth-order valence-electron chi connectivity index (χ4n) is 3.68. The Morgan fingerprint density at radius 3 is 2.68 bits per heavy atom. The Morgan fingerprint density at radius 2 is 1.93 bits per heavy atom. The number of hydrogen-bond donors (Lipinski definition) is 1. The molecule has 0 radical (unpaired) electrons. The van der Waals surface area contributed by atoms with Gasteiger partial charge in [0.15, 0.2) is 0 Å². The number of aromatic hydroxyl groups is 1. The molecule has 0 aliphatic heterocycles. The van der Waals surface area contributed by atoms with Crippen LogP contribution in [0.5, 0.6) is 5.88 Å². The Kier molecular flexibility index (Phi) is 5.33. The molecule has 0 spiro atoms. The normalized spacial score (nSPS) is 14.5. The van der Waals surface area contributed by atoms with E-state index in [4.69, 9.17) is 0 Å². The van der Waals surface area contributed by atoms with Crippen molar-refractivity contribution in [3.05, 3.63) is 76.2 Å². The highest BCUT2D eigenvalue weighted by atomic mass is 16.3. The highest BCUT2D eigenvalue weighted by molar-refractivity contribution is 6.01. The highest BCUT2D eigenvalue weighted by Crippen LogP contribution is 2.25. The second kappa shape index (κ2) is 8.21. The van der Waals surface area contributed by atoms with Gasteiger partial charge >= 0.3 is 0 Å². The van der Waals surface area contributed by atoms with Gasteiger partial charge in [0.2, 0.25) is 5.88 Å². The zero-order chi connectivity index (χ0) is 19.3. The van der Waals surface area contributed by atoms with Gasteiger partial charge in [0.1, 0.15) is 5.82 Å². The minimum atomic E-state index is -0.295. The third kappa shape index (κ3) is 3.60. The number of aromatic nitrogens is 2. The summed E-state index contributed by atoms with van der Waals surface area (Å²) in [6.45, 7) is 0.669. The van der Waals surface area contributed by atoms with Crippen molar-refractivity contribution < 1.29 is 5.11 Å². The number of nitrogens with zero attached hydrogens (tertiary/aromatic N) is 3. The summed E-state index contributed by atoms with van der Waals surface area (Å²) >= 11 is 0. The van der Waals surface area contributed by atoms with Gasteiger partial charge in [0.05, 0.1) is 5.56 Å². The Labute approximate surface area is 163 Å². The quantitative estimate of drug-likeness (QED) is 0.532. The maximum atomic E-state index is 12.9. The van der Waals surface area contributed by atoms with Crippen molar-refractivity contribution in [1.82, 2.24) is 9.55 Å². The third-order valence-corrected chi connectivity index (χ3v) is 5.15. The van der Waals surface area contributed by atoms with E-state index < -0.39 is 0 Å². The summed E-state index contributed by atoms with van der Waals surface area (Å²) in [4.78, 5) is 21.7. The van der Waals surface area contributed by atoms with E-state index in [2.05, 4.69) is 16.1 Å². The van der Waals surface area contributed by atoms with E-state index in [1.807, 2.05) is 18.2 Å². The monoisotopic (exact) mass is 373 g/mol. The van der Waals surface area contributed by atoms with E-state index in [0.29, 0.717) is 28.7 Å². The summed E-state index contributed by atoms with van der Waals surface area (Å²) in [6, 6.07) is 12.5. The first-order valence-corrected chi connectivity index (χ1v) is 9.71. The topological polar surface area (TPSA) is 67.5 Å². The smallest absolute Gasteiger partial charge is 0.267 e. The maximum absolute atomic E-state index is 12.9. The van der Waals surface area contributed by atoms with Crippen LogP contribution in [0.1, 0.15) is 37.7 Å². The molecule has 142 valence electrons. The number of allylic oxidation sites excluding steroid dienone is 1. The Hall–Kier alpha value is -3.21. The van der Waals surface area contributed by atoms with Crippen LogP contribution in [0.4, 0.5) is 0 Å². The van der Waals surface area contributed by atoms with E-state index in [9.17, 15) is 9.90 Å². The number of aliphatic imine (C=N–C) groups is 1. The standard InChI is InChI=1S/C23H23N3O2/c27-22-19-11-5-4-10-18(19)20(16-24-15-13-17-8-2-1-3-9-17)23(28)26(22)21-12-6-7-14-25-21/h4-8,10-12,14,16,28H,1-3,9,13,15H2. The van der Waals surface area contributed by atoms with Crippen LogP contribution in [0.15, 0.2) is 70.1 Å². The fraction of sp³-hybridized carbons (Fsp3) is 0.261. The first kappa shape index (κ1) is 18.2.